The number of benzene rings is 1. The van der Waals surface area contributed by atoms with Crippen molar-refractivity contribution in [3.63, 3.8) is 0 Å². The van der Waals surface area contributed by atoms with Crippen LogP contribution in [0, 0.1) is 6.92 Å². The molecule has 3 aromatic rings. The zero-order valence-electron chi connectivity index (χ0n) is 12.5. The molecule has 3 rings (SSSR count). The first kappa shape index (κ1) is 18.2. The predicted molar refractivity (Wildman–Crippen MR) is 96.5 cm³/mol. The van der Waals surface area contributed by atoms with Crippen molar-refractivity contribution in [1.29, 1.82) is 0 Å². The lowest BCUT2D eigenvalue weighted by Gasteiger charge is -2.07. The summed E-state index contributed by atoms with van der Waals surface area (Å²) in [6.07, 6.45) is -4.53. The zero-order chi connectivity index (χ0) is 18.4. The van der Waals surface area contributed by atoms with Gasteiger partial charge in [0.25, 0.3) is 5.91 Å². The maximum absolute atomic E-state index is 12.8. The highest BCUT2D eigenvalue weighted by Crippen LogP contribution is 2.35. The molecule has 25 heavy (non-hydrogen) atoms. The Balaban J connectivity index is 1.97. The second-order valence-electron chi connectivity index (χ2n) is 5.18. The maximum Gasteiger partial charge on any atom is 0.433 e. The second kappa shape index (κ2) is 6.59. The number of nitrogens with one attached hydrogen (secondary N) is 1. The van der Waals surface area contributed by atoms with Crippen LogP contribution in [0.3, 0.4) is 0 Å². The van der Waals surface area contributed by atoms with Crippen molar-refractivity contribution in [2.24, 2.45) is 0 Å². The van der Waals surface area contributed by atoms with Crippen LogP contribution in [-0.2, 0) is 6.18 Å². The van der Waals surface area contributed by atoms with Crippen molar-refractivity contribution in [1.82, 2.24) is 4.98 Å². The van der Waals surface area contributed by atoms with Crippen molar-refractivity contribution < 1.29 is 18.0 Å². The summed E-state index contributed by atoms with van der Waals surface area (Å²) in [7, 11) is 0. The van der Waals surface area contributed by atoms with Gasteiger partial charge in [0, 0.05) is 9.86 Å². The molecule has 1 N–H and O–H groups in total. The first-order chi connectivity index (χ1) is 11.7. The molecule has 0 fully saturated rings. The molecule has 0 aliphatic heterocycles. The molecule has 1 aromatic carbocycles. The van der Waals surface area contributed by atoms with E-state index in [2.05, 4.69) is 26.2 Å². The minimum absolute atomic E-state index is 0.166. The van der Waals surface area contributed by atoms with Gasteiger partial charge in [0.15, 0.2) is 0 Å². The molecular weight excluding hydrogens is 441 g/mol. The van der Waals surface area contributed by atoms with Gasteiger partial charge in [0.2, 0.25) is 0 Å². The summed E-state index contributed by atoms with van der Waals surface area (Å²) >= 11 is 10.3. The number of halogens is 5. The van der Waals surface area contributed by atoms with Gasteiger partial charge in [-0.25, -0.2) is 4.98 Å². The molecule has 0 atom stereocenters. The van der Waals surface area contributed by atoms with E-state index in [1.807, 2.05) is 0 Å². The SMILES string of the molecule is Cc1c(C(=O)Nc2ccc(Br)cc2Cl)sc2nc(C(F)(F)F)ccc12. The Bertz CT molecular complexity index is 987. The normalized spacial score (nSPS) is 11.8. The molecule has 0 aliphatic carbocycles. The van der Waals surface area contributed by atoms with E-state index in [-0.39, 0.29) is 4.83 Å². The van der Waals surface area contributed by atoms with E-state index >= 15 is 0 Å². The fourth-order valence-electron chi connectivity index (χ4n) is 2.24. The number of aromatic nitrogens is 1. The number of fused-ring (bicyclic) bond motifs is 1. The summed E-state index contributed by atoms with van der Waals surface area (Å²) < 4.78 is 39.1. The number of pyridine rings is 1. The van der Waals surface area contributed by atoms with Crippen LogP contribution in [0.15, 0.2) is 34.8 Å². The van der Waals surface area contributed by atoms with Crippen molar-refractivity contribution >= 4 is 60.7 Å². The number of carbonyl (C=O) groups is 1. The Hall–Kier alpha value is -1.64. The van der Waals surface area contributed by atoms with E-state index < -0.39 is 17.8 Å². The molecular formula is C16H9BrClF3N2OS. The van der Waals surface area contributed by atoms with Gasteiger partial charge < -0.3 is 5.32 Å². The van der Waals surface area contributed by atoms with E-state index in [1.165, 1.54) is 6.07 Å². The fourth-order valence-corrected chi connectivity index (χ4v) is 4.04. The molecule has 0 saturated carbocycles. The monoisotopic (exact) mass is 448 g/mol. The number of rotatable bonds is 2. The van der Waals surface area contributed by atoms with Crippen LogP contribution in [0.5, 0.6) is 0 Å². The van der Waals surface area contributed by atoms with E-state index in [0.29, 0.717) is 26.5 Å². The predicted octanol–water partition coefficient (Wildman–Crippen LogP) is 6.29. The number of thiophene rings is 1. The highest BCUT2D eigenvalue weighted by Gasteiger charge is 2.33. The quantitative estimate of drug-likeness (QED) is 0.499. The third-order valence-electron chi connectivity index (χ3n) is 3.48. The maximum atomic E-state index is 12.8. The van der Waals surface area contributed by atoms with Crippen LogP contribution in [0.2, 0.25) is 5.02 Å². The van der Waals surface area contributed by atoms with Crippen LogP contribution >= 0.6 is 38.9 Å². The molecule has 3 nitrogen and oxygen atoms in total. The van der Waals surface area contributed by atoms with Gasteiger partial charge in [-0.05, 0) is 42.8 Å². The minimum Gasteiger partial charge on any atom is -0.320 e. The summed E-state index contributed by atoms with van der Waals surface area (Å²) in [5, 5.41) is 3.53. The minimum atomic E-state index is -4.53. The Kier molecular flexibility index (Phi) is 4.78. The Morgan fingerprint density at radius 3 is 2.64 bits per heavy atom. The molecule has 2 heterocycles. The molecule has 9 heteroatoms. The topological polar surface area (TPSA) is 42.0 Å². The lowest BCUT2D eigenvalue weighted by molar-refractivity contribution is -0.140. The number of alkyl halides is 3. The summed E-state index contributed by atoms with van der Waals surface area (Å²) in [5.74, 6) is -0.446. The summed E-state index contributed by atoms with van der Waals surface area (Å²) in [4.78, 5) is 16.6. The Morgan fingerprint density at radius 2 is 2.00 bits per heavy atom. The van der Waals surface area contributed by atoms with E-state index in [0.717, 1.165) is 21.9 Å². The molecule has 130 valence electrons. The molecule has 0 unspecified atom stereocenters. The van der Waals surface area contributed by atoms with Gasteiger partial charge in [-0.3, -0.25) is 4.79 Å². The average molecular weight is 450 g/mol. The van der Waals surface area contributed by atoms with Gasteiger partial charge >= 0.3 is 6.18 Å². The summed E-state index contributed by atoms with van der Waals surface area (Å²) in [5.41, 5.74) is 0.00628. The average Bonchev–Trinajstić information content (AvgIpc) is 2.86. The molecule has 0 saturated heterocycles. The number of hydrogen-bond donors (Lipinski definition) is 1. The van der Waals surface area contributed by atoms with E-state index in [9.17, 15) is 18.0 Å². The van der Waals surface area contributed by atoms with Crippen LogP contribution < -0.4 is 5.32 Å². The fraction of sp³-hybridized carbons (Fsp3) is 0.125. The van der Waals surface area contributed by atoms with Crippen LogP contribution in [-0.4, -0.2) is 10.9 Å². The standard InChI is InChI=1S/C16H9BrClF3N2OS/c1-7-9-3-5-12(16(19,20)21)23-15(9)25-13(7)14(24)22-11-4-2-8(17)6-10(11)18/h2-6H,1H3,(H,22,24). The van der Waals surface area contributed by atoms with Crippen molar-refractivity contribution in [3.8, 4) is 0 Å². The number of anilines is 1. The molecule has 0 radical (unpaired) electrons. The van der Waals surface area contributed by atoms with Gasteiger partial charge in [-0.15, -0.1) is 11.3 Å². The first-order valence-corrected chi connectivity index (χ1v) is 8.89. The number of nitrogens with zero attached hydrogens (tertiary/aromatic N) is 1. The first-order valence-electron chi connectivity index (χ1n) is 6.90. The van der Waals surface area contributed by atoms with Gasteiger partial charge in [-0.1, -0.05) is 27.5 Å². The number of amides is 1. The highest BCUT2D eigenvalue weighted by atomic mass is 79.9. The van der Waals surface area contributed by atoms with E-state index in [1.54, 1.807) is 25.1 Å². The largest absolute Gasteiger partial charge is 0.433 e. The van der Waals surface area contributed by atoms with Crippen LogP contribution in [0.4, 0.5) is 18.9 Å². The Labute approximate surface area is 158 Å². The number of hydrogen-bond acceptors (Lipinski definition) is 3. The number of aryl methyl sites for hydroxylation is 1. The lowest BCUT2D eigenvalue weighted by Crippen LogP contribution is -2.11. The highest BCUT2D eigenvalue weighted by molar-refractivity contribution is 9.10. The molecule has 1 amide bonds. The zero-order valence-corrected chi connectivity index (χ0v) is 15.7. The summed E-state index contributed by atoms with van der Waals surface area (Å²) in [6, 6.07) is 7.23. The molecule has 0 bridgehead atoms. The summed E-state index contributed by atoms with van der Waals surface area (Å²) in [6.45, 7) is 1.67. The van der Waals surface area contributed by atoms with Crippen LogP contribution in [0.25, 0.3) is 10.2 Å². The third-order valence-corrected chi connectivity index (χ3v) is 5.49. The third kappa shape index (κ3) is 3.65. The van der Waals surface area contributed by atoms with Crippen molar-refractivity contribution in [2.75, 3.05) is 5.32 Å². The molecule has 2 aromatic heterocycles. The Morgan fingerprint density at radius 1 is 1.28 bits per heavy atom. The lowest BCUT2D eigenvalue weighted by atomic mass is 10.1. The second-order valence-corrected chi connectivity index (χ2v) is 7.50. The van der Waals surface area contributed by atoms with E-state index in [4.69, 9.17) is 11.6 Å². The molecule has 0 aliphatic rings. The van der Waals surface area contributed by atoms with Crippen molar-refractivity contribution in [2.45, 2.75) is 13.1 Å². The van der Waals surface area contributed by atoms with Gasteiger partial charge in [0.1, 0.15) is 10.5 Å². The van der Waals surface area contributed by atoms with Gasteiger partial charge in [-0.2, -0.15) is 13.2 Å². The van der Waals surface area contributed by atoms with Gasteiger partial charge in [0.05, 0.1) is 15.6 Å². The van der Waals surface area contributed by atoms with Crippen LogP contribution in [0.1, 0.15) is 20.9 Å². The molecule has 0 spiro atoms. The van der Waals surface area contributed by atoms with Crippen molar-refractivity contribution in [3.05, 3.63) is 56.0 Å². The smallest absolute Gasteiger partial charge is 0.320 e. The number of carbonyl (C=O) groups excluding carboxylic acids is 1.